The maximum Gasteiger partial charge on any atom is 0.334 e. The van der Waals surface area contributed by atoms with Crippen molar-refractivity contribution in [2.24, 2.45) is 11.7 Å². The second kappa shape index (κ2) is 16.6. The molecule has 2 bridgehead atoms. The fourth-order valence-corrected chi connectivity index (χ4v) is 9.07. The Bertz CT molecular complexity index is 1650. The van der Waals surface area contributed by atoms with E-state index in [1.54, 1.807) is 18.2 Å². The SMILES string of the molecule is CN1C2CCC1CC(C(=O)C(C1=C(C(=O)O)C(c3c(Cl)cccc3Cl)C(C(=O)O)=C(C(Cc3ccccc3)OCCCN)N1)N1CCNCC1)C2. The summed E-state index contributed by atoms with van der Waals surface area (Å²) in [6, 6.07) is 13.9. The van der Waals surface area contributed by atoms with Gasteiger partial charge in [0.25, 0.3) is 0 Å². The van der Waals surface area contributed by atoms with Gasteiger partial charge in [0.15, 0.2) is 5.78 Å². The number of hydrogen-bond donors (Lipinski definition) is 5. The van der Waals surface area contributed by atoms with Crippen molar-refractivity contribution in [1.82, 2.24) is 20.4 Å². The Morgan fingerprint density at radius 1 is 0.922 bits per heavy atom. The molecule has 5 unspecified atom stereocenters. The third-order valence-corrected chi connectivity index (χ3v) is 11.6. The number of aliphatic carboxylic acids is 2. The molecular formula is C38H47Cl2N5O6. The Morgan fingerprint density at radius 2 is 1.53 bits per heavy atom. The second-order valence-electron chi connectivity index (χ2n) is 14.0. The van der Waals surface area contributed by atoms with Crippen LogP contribution < -0.4 is 16.4 Å². The molecule has 0 spiro atoms. The van der Waals surface area contributed by atoms with E-state index in [0.717, 1.165) is 18.4 Å². The van der Waals surface area contributed by atoms with E-state index in [-0.39, 0.29) is 75.0 Å². The molecule has 0 radical (unpaired) electrons. The second-order valence-corrected chi connectivity index (χ2v) is 14.8. The molecule has 6 rings (SSSR count). The highest BCUT2D eigenvalue weighted by molar-refractivity contribution is 6.36. The van der Waals surface area contributed by atoms with Crippen molar-refractivity contribution in [2.45, 2.75) is 68.7 Å². The van der Waals surface area contributed by atoms with Crippen LogP contribution in [-0.2, 0) is 25.5 Å². The molecule has 13 heteroatoms. The van der Waals surface area contributed by atoms with E-state index in [1.807, 2.05) is 35.2 Å². The van der Waals surface area contributed by atoms with Crippen molar-refractivity contribution in [3.05, 3.63) is 92.2 Å². The molecule has 51 heavy (non-hydrogen) atoms. The van der Waals surface area contributed by atoms with Gasteiger partial charge in [-0.25, -0.2) is 9.59 Å². The van der Waals surface area contributed by atoms with Crippen molar-refractivity contribution in [3.63, 3.8) is 0 Å². The molecule has 4 aliphatic heterocycles. The van der Waals surface area contributed by atoms with Gasteiger partial charge in [-0.3, -0.25) is 9.69 Å². The van der Waals surface area contributed by atoms with Crippen LogP contribution in [0.25, 0.3) is 0 Å². The molecule has 0 aromatic heterocycles. The molecule has 5 atom stereocenters. The van der Waals surface area contributed by atoms with Crippen LogP contribution >= 0.6 is 23.2 Å². The first kappa shape index (κ1) is 37.5. The van der Waals surface area contributed by atoms with E-state index in [9.17, 15) is 19.8 Å². The summed E-state index contributed by atoms with van der Waals surface area (Å²) < 4.78 is 6.43. The number of piperazine rings is 1. The van der Waals surface area contributed by atoms with Gasteiger partial charge in [-0.2, -0.15) is 0 Å². The summed E-state index contributed by atoms with van der Waals surface area (Å²) in [6.07, 6.45) is 3.34. The van der Waals surface area contributed by atoms with E-state index in [4.69, 9.17) is 33.7 Å². The van der Waals surface area contributed by atoms with Crippen molar-refractivity contribution >= 4 is 40.9 Å². The molecule has 0 saturated carbocycles. The van der Waals surface area contributed by atoms with Crippen molar-refractivity contribution in [1.29, 1.82) is 0 Å². The smallest absolute Gasteiger partial charge is 0.334 e. The van der Waals surface area contributed by atoms with Crippen LogP contribution in [0.1, 0.15) is 49.1 Å². The molecule has 2 aromatic rings. The largest absolute Gasteiger partial charge is 0.478 e. The Balaban J connectivity index is 1.57. The number of fused-ring (bicyclic) bond motifs is 2. The van der Waals surface area contributed by atoms with E-state index in [2.05, 4.69) is 22.6 Å². The quantitative estimate of drug-likeness (QED) is 0.178. The number of nitrogens with two attached hydrogens (primary N) is 1. The number of nitrogens with zero attached hydrogens (tertiary/aromatic N) is 2. The third kappa shape index (κ3) is 7.90. The molecule has 6 N–H and O–H groups in total. The fraction of sp³-hybridized carbons (Fsp3) is 0.500. The lowest BCUT2D eigenvalue weighted by Crippen LogP contribution is -2.57. The molecular weight excluding hydrogens is 693 g/mol. The summed E-state index contributed by atoms with van der Waals surface area (Å²) in [6.45, 7) is 2.81. The molecule has 274 valence electrons. The zero-order valence-corrected chi connectivity index (χ0v) is 30.3. The van der Waals surface area contributed by atoms with Gasteiger partial charge in [0.2, 0.25) is 0 Å². The lowest BCUT2D eigenvalue weighted by atomic mass is 9.75. The molecule has 4 heterocycles. The predicted octanol–water partition coefficient (Wildman–Crippen LogP) is 4.05. The van der Waals surface area contributed by atoms with Gasteiger partial charge >= 0.3 is 11.9 Å². The number of nitrogens with one attached hydrogen (secondary N) is 2. The Labute approximate surface area is 308 Å². The fourth-order valence-electron chi connectivity index (χ4n) is 8.45. The van der Waals surface area contributed by atoms with E-state index >= 15 is 4.79 Å². The van der Waals surface area contributed by atoms with Crippen molar-refractivity contribution < 1.29 is 29.3 Å². The maximum absolute atomic E-state index is 15.1. The summed E-state index contributed by atoms with van der Waals surface area (Å²) in [5, 5.41) is 29.1. The van der Waals surface area contributed by atoms with Crippen LogP contribution in [-0.4, -0.2) is 108 Å². The zero-order chi connectivity index (χ0) is 36.2. The number of dihydropyridines is 1. The summed E-state index contributed by atoms with van der Waals surface area (Å²) >= 11 is 13.6. The lowest BCUT2D eigenvalue weighted by Gasteiger charge is -2.43. The minimum absolute atomic E-state index is 0.0612. The highest BCUT2D eigenvalue weighted by atomic mass is 35.5. The highest BCUT2D eigenvalue weighted by Crippen LogP contribution is 2.47. The highest BCUT2D eigenvalue weighted by Gasteiger charge is 2.49. The average Bonchev–Trinajstić information content (AvgIpc) is 3.30. The third-order valence-electron chi connectivity index (χ3n) is 11.0. The van der Waals surface area contributed by atoms with Gasteiger partial charge in [-0.1, -0.05) is 59.6 Å². The molecule has 3 saturated heterocycles. The number of rotatable bonds is 14. The minimum atomic E-state index is -1.42. The molecule has 11 nitrogen and oxygen atoms in total. The van der Waals surface area contributed by atoms with Crippen LogP contribution in [0.15, 0.2) is 71.1 Å². The molecule has 0 amide bonds. The van der Waals surface area contributed by atoms with Gasteiger partial charge in [0.1, 0.15) is 12.1 Å². The van der Waals surface area contributed by atoms with Crippen LogP contribution in [0.5, 0.6) is 0 Å². The number of halogens is 2. The van der Waals surface area contributed by atoms with Gasteiger partial charge in [0.05, 0.1) is 28.5 Å². The number of Topliss-reactive ketones (excluding diaryl/α,β-unsaturated/α-hetero) is 1. The summed E-state index contributed by atoms with van der Waals surface area (Å²) in [4.78, 5) is 46.7. The number of benzene rings is 2. The monoisotopic (exact) mass is 739 g/mol. The Kier molecular flexibility index (Phi) is 12.2. The van der Waals surface area contributed by atoms with E-state index in [1.165, 1.54) is 0 Å². The standard InChI is InChI=1S/C38H47Cl2N5O6/c1-44-24-11-12-25(44)21-23(20-24)36(46)35(45-16-14-42-15-17-45)34-32(38(49)50)30(29-26(39)9-5-10-27(29)40)31(37(47)48)33(43-34)28(51-18-6-13-41)19-22-7-3-2-4-8-22/h2-5,7-10,23-25,28,30,35,42-43H,6,11-21,41H2,1H3,(H,47,48)(H,49,50). The molecule has 0 aliphatic carbocycles. The molecule has 4 aliphatic rings. The number of piperidine rings is 1. The first-order chi connectivity index (χ1) is 24.6. The van der Waals surface area contributed by atoms with E-state index < -0.39 is 30.0 Å². The van der Waals surface area contributed by atoms with Gasteiger partial charge in [0, 0.05) is 72.8 Å². The topological polar surface area (TPSA) is 157 Å². The number of ether oxygens (including phenoxy) is 1. The summed E-state index contributed by atoms with van der Waals surface area (Å²) in [5.41, 5.74) is 6.66. The zero-order valence-electron chi connectivity index (χ0n) is 28.8. The van der Waals surface area contributed by atoms with Gasteiger partial charge in [-0.15, -0.1) is 0 Å². The molecule has 2 aromatic carbocycles. The van der Waals surface area contributed by atoms with Crippen LogP contribution in [0.3, 0.4) is 0 Å². The summed E-state index contributed by atoms with van der Waals surface area (Å²) in [5.74, 6) is -4.49. The van der Waals surface area contributed by atoms with Crippen LogP contribution in [0, 0.1) is 5.92 Å². The van der Waals surface area contributed by atoms with Crippen LogP contribution in [0.4, 0.5) is 0 Å². The number of carboxylic acid groups (broad SMARTS) is 2. The predicted molar refractivity (Wildman–Crippen MR) is 196 cm³/mol. The molecule has 3 fully saturated rings. The lowest BCUT2D eigenvalue weighted by molar-refractivity contribution is -0.133. The number of carboxylic acids is 2. The Morgan fingerprint density at radius 3 is 2.12 bits per heavy atom. The normalized spacial score (nSPS) is 25.4. The maximum atomic E-state index is 15.1. The Hall–Kier alpha value is -3.29. The summed E-state index contributed by atoms with van der Waals surface area (Å²) in [7, 11) is 2.12. The number of ketones is 1. The van der Waals surface area contributed by atoms with Crippen molar-refractivity contribution in [2.75, 3.05) is 46.4 Å². The van der Waals surface area contributed by atoms with Crippen molar-refractivity contribution in [3.8, 4) is 0 Å². The van der Waals surface area contributed by atoms with E-state index in [0.29, 0.717) is 52.0 Å². The number of carbonyl (C=O) groups is 3. The van der Waals surface area contributed by atoms with Gasteiger partial charge < -0.3 is 36.2 Å². The first-order valence-electron chi connectivity index (χ1n) is 17.8. The number of hydrogen-bond acceptors (Lipinski definition) is 9. The van der Waals surface area contributed by atoms with Crippen LogP contribution in [0.2, 0.25) is 10.0 Å². The first-order valence-corrected chi connectivity index (χ1v) is 18.6. The number of carbonyl (C=O) groups excluding carboxylic acids is 1. The minimum Gasteiger partial charge on any atom is -0.478 e. The van der Waals surface area contributed by atoms with Gasteiger partial charge in [-0.05, 0) is 63.4 Å². The average molecular weight is 741 g/mol.